The van der Waals surface area contributed by atoms with Gasteiger partial charge in [0.15, 0.2) is 0 Å². The summed E-state index contributed by atoms with van der Waals surface area (Å²) in [5, 5.41) is 12.8. The number of carbonyl (C=O) groups is 2. The molecule has 0 radical (unpaired) electrons. The highest BCUT2D eigenvalue weighted by molar-refractivity contribution is 6.34. The number of rotatable bonds is 7. The van der Waals surface area contributed by atoms with Gasteiger partial charge in [-0.2, -0.15) is 0 Å². The van der Waals surface area contributed by atoms with Crippen LogP contribution >= 0.6 is 23.2 Å². The molecule has 0 aromatic heterocycles. The van der Waals surface area contributed by atoms with E-state index >= 15 is 0 Å². The molecule has 0 saturated carbocycles. The molecule has 0 spiro atoms. The van der Waals surface area contributed by atoms with Crippen molar-refractivity contribution in [3.8, 4) is 0 Å². The van der Waals surface area contributed by atoms with Crippen LogP contribution in [-0.2, 0) is 11.3 Å². The number of nitrogens with zero attached hydrogens (tertiary/aromatic N) is 1. The number of carbonyl (C=O) groups excluding carboxylic acids is 2. The average Bonchev–Trinajstić information content (AvgIpc) is 2.96. The largest absolute Gasteiger partial charge is 0.350 e. The molecule has 2 amide bonds. The van der Waals surface area contributed by atoms with Crippen molar-refractivity contribution >= 4 is 45.8 Å². The lowest BCUT2D eigenvalue weighted by molar-refractivity contribution is -0.133. The zero-order valence-electron chi connectivity index (χ0n) is 19.0. The first kappa shape index (κ1) is 24.5. The maximum Gasteiger partial charge on any atom is 0.251 e. The van der Waals surface area contributed by atoms with Crippen molar-refractivity contribution in [3.05, 3.63) is 81.8 Å². The quantitative estimate of drug-likeness (QED) is 0.462. The van der Waals surface area contributed by atoms with Gasteiger partial charge in [0.1, 0.15) is 0 Å². The van der Waals surface area contributed by atoms with Gasteiger partial charge in [0.25, 0.3) is 5.91 Å². The van der Waals surface area contributed by atoms with Crippen LogP contribution in [0, 0.1) is 0 Å². The molecule has 3 N–H and O–H groups in total. The summed E-state index contributed by atoms with van der Waals surface area (Å²) < 4.78 is 0. The van der Waals surface area contributed by atoms with Crippen LogP contribution in [0.15, 0.2) is 60.7 Å². The summed E-state index contributed by atoms with van der Waals surface area (Å²) in [6.07, 6.45) is 0.707. The number of fused-ring (bicyclic) bond motifs is 1. The lowest BCUT2D eigenvalue weighted by Crippen LogP contribution is -2.52. The van der Waals surface area contributed by atoms with E-state index in [1.54, 1.807) is 6.07 Å². The Kier molecular flexibility index (Phi) is 8.06. The number of halogens is 2. The number of likely N-dealkylation sites (N-methyl/N-ethyl adjacent to an activating group) is 1. The molecule has 0 aliphatic carbocycles. The molecule has 2 atom stereocenters. The Labute approximate surface area is 209 Å². The molecule has 3 aromatic carbocycles. The van der Waals surface area contributed by atoms with E-state index in [-0.39, 0.29) is 17.9 Å². The summed E-state index contributed by atoms with van der Waals surface area (Å²) in [4.78, 5) is 27.8. The van der Waals surface area contributed by atoms with Gasteiger partial charge in [-0.05, 0) is 60.1 Å². The van der Waals surface area contributed by atoms with Crippen molar-refractivity contribution in [2.24, 2.45) is 0 Å². The van der Waals surface area contributed by atoms with Gasteiger partial charge in [0.05, 0.1) is 6.04 Å². The first-order valence-electron chi connectivity index (χ1n) is 11.3. The van der Waals surface area contributed by atoms with Gasteiger partial charge in [-0.25, -0.2) is 0 Å². The third kappa shape index (κ3) is 6.07. The van der Waals surface area contributed by atoms with E-state index < -0.39 is 6.04 Å². The van der Waals surface area contributed by atoms with E-state index in [0.717, 1.165) is 16.3 Å². The molecule has 6 nitrogen and oxygen atoms in total. The van der Waals surface area contributed by atoms with Crippen molar-refractivity contribution in [1.29, 1.82) is 0 Å². The molecule has 1 aliphatic heterocycles. The number of amides is 2. The summed E-state index contributed by atoms with van der Waals surface area (Å²) in [6.45, 7) is 1.90. The summed E-state index contributed by atoms with van der Waals surface area (Å²) >= 11 is 12.3. The number of benzene rings is 3. The highest BCUT2D eigenvalue weighted by atomic mass is 35.5. The second kappa shape index (κ2) is 11.2. The highest BCUT2D eigenvalue weighted by Gasteiger charge is 2.30. The molecule has 8 heteroatoms. The van der Waals surface area contributed by atoms with Crippen molar-refractivity contribution in [2.75, 3.05) is 26.7 Å². The molecular formula is C26H28Cl2N4O2. The molecule has 1 saturated heterocycles. The summed E-state index contributed by atoms with van der Waals surface area (Å²) in [5.74, 6) is -0.118. The van der Waals surface area contributed by atoms with Crippen molar-refractivity contribution in [1.82, 2.24) is 20.9 Å². The van der Waals surface area contributed by atoms with Crippen LogP contribution in [0.25, 0.3) is 10.8 Å². The Morgan fingerprint density at radius 1 is 1.03 bits per heavy atom. The Morgan fingerprint density at radius 3 is 2.50 bits per heavy atom. The van der Waals surface area contributed by atoms with E-state index in [1.165, 1.54) is 0 Å². The normalized spacial score (nSPS) is 18.7. The number of hydrogen-bond acceptors (Lipinski definition) is 4. The Bertz CT molecular complexity index is 1170. The predicted octanol–water partition coefficient (Wildman–Crippen LogP) is 3.86. The molecule has 2 unspecified atom stereocenters. The first-order valence-corrected chi connectivity index (χ1v) is 12.1. The molecule has 178 valence electrons. The minimum absolute atomic E-state index is 0.00815. The van der Waals surface area contributed by atoms with Crippen LogP contribution in [0.3, 0.4) is 0 Å². The fourth-order valence-electron chi connectivity index (χ4n) is 4.32. The zero-order chi connectivity index (χ0) is 24.1. The molecule has 34 heavy (non-hydrogen) atoms. The monoisotopic (exact) mass is 498 g/mol. The van der Waals surface area contributed by atoms with E-state index in [1.807, 2.05) is 66.5 Å². The molecule has 1 heterocycles. The molecule has 3 aromatic rings. The van der Waals surface area contributed by atoms with Crippen LogP contribution in [0.4, 0.5) is 0 Å². The van der Waals surface area contributed by atoms with Gasteiger partial charge >= 0.3 is 0 Å². The number of nitrogens with one attached hydrogen (secondary N) is 3. The van der Waals surface area contributed by atoms with Crippen LogP contribution in [0.2, 0.25) is 10.0 Å². The first-order chi connectivity index (χ1) is 16.4. The van der Waals surface area contributed by atoms with Crippen molar-refractivity contribution in [2.45, 2.75) is 25.0 Å². The van der Waals surface area contributed by atoms with Crippen molar-refractivity contribution < 1.29 is 9.59 Å². The minimum Gasteiger partial charge on any atom is -0.350 e. The van der Waals surface area contributed by atoms with Gasteiger partial charge in [-0.1, -0.05) is 53.5 Å². The average molecular weight is 499 g/mol. The third-order valence-corrected chi connectivity index (χ3v) is 6.46. The fraction of sp³-hybridized carbons (Fsp3) is 0.308. The lowest BCUT2D eigenvalue weighted by atomic mass is 10.1. The van der Waals surface area contributed by atoms with E-state index in [2.05, 4.69) is 16.0 Å². The Hall–Kier alpha value is -2.64. The van der Waals surface area contributed by atoms with Gasteiger partial charge in [0.2, 0.25) is 5.91 Å². The van der Waals surface area contributed by atoms with Crippen molar-refractivity contribution in [3.63, 3.8) is 0 Å². The molecule has 4 rings (SSSR count). The van der Waals surface area contributed by atoms with Crippen LogP contribution in [-0.4, -0.2) is 55.5 Å². The Balaban J connectivity index is 1.42. The summed E-state index contributed by atoms with van der Waals surface area (Å²) in [6, 6.07) is 18.5. The third-order valence-electron chi connectivity index (χ3n) is 6.02. The SMILES string of the molecule is CNCC1NC(CNC(=O)c2ccc3ccccc3c2)CCN(Cc2cc(Cl)cc(Cl)c2)C1=O. The van der Waals surface area contributed by atoms with Gasteiger partial charge in [-0.3, -0.25) is 9.59 Å². The van der Waals surface area contributed by atoms with Gasteiger partial charge in [-0.15, -0.1) is 0 Å². The fourth-order valence-corrected chi connectivity index (χ4v) is 4.89. The van der Waals surface area contributed by atoms with Crippen LogP contribution in [0.5, 0.6) is 0 Å². The lowest BCUT2D eigenvalue weighted by Gasteiger charge is -2.25. The minimum atomic E-state index is -0.398. The van der Waals surface area contributed by atoms with Gasteiger partial charge < -0.3 is 20.9 Å². The summed E-state index contributed by atoms with van der Waals surface area (Å²) in [7, 11) is 1.82. The maximum atomic E-state index is 13.2. The van der Waals surface area contributed by atoms with Crippen LogP contribution < -0.4 is 16.0 Å². The molecule has 1 fully saturated rings. The number of hydrogen-bond donors (Lipinski definition) is 3. The van der Waals surface area contributed by atoms with E-state index in [0.29, 0.717) is 48.2 Å². The highest BCUT2D eigenvalue weighted by Crippen LogP contribution is 2.21. The topological polar surface area (TPSA) is 73.5 Å². The molecule has 1 aliphatic rings. The Morgan fingerprint density at radius 2 is 1.76 bits per heavy atom. The standard InChI is InChI=1S/C26H28Cl2N4O2/c1-29-15-24-26(34)32(16-17-10-21(27)13-22(28)11-17)9-8-23(31-24)14-30-25(33)20-7-6-18-4-2-3-5-19(18)12-20/h2-7,10-13,23-24,29,31H,8-9,14-16H2,1H3,(H,30,33). The predicted molar refractivity (Wildman–Crippen MR) is 137 cm³/mol. The second-order valence-corrected chi connectivity index (χ2v) is 9.44. The zero-order valence-corrected chi connectivity index (χ0v) is 20.5. The second-order valence-electron chi connectivity index (χ2n) is 8.57. The van der Waals surface area contributed by atoms with Crippen LogP contribution in [0.1, 0.15) is 22.3 Å². The maximum absolute atomic E-state index is 13.2. The van der Waals surface area contributed by atoms with E-state index in [4.69, 9.17) is 23.2 Å². The smallest absolute Gasteiger partial charge is 0.251 e. The molecular weight excluding hydrogens is 471 g/mol. The molecule has 0 bridgehead atoms. The van der Waals surface area contributed by atoms with Gasteiger partial charge in [0, 0.05) is 47.8 Å². The summed E-state index contributed by atoms with van der Waals surface area (Å²) in [5.41, 5.74) is 1.51. The van der Waals surface area contributed by atoms with E-state index in [9.17, 15) is 9.59 Å².